The normalized spacial score (nSPS) is 10.8. The zero-order chi connectivity index (χ0) is 12.6. The van der Waals surface area contributed by atoms with Crippen LogP contribution in [-0.2, 0) is 13.6 Å². The van der Waals surface area contributed by atoms with E-state index in [1.807, 2.05) is 22.6 Å². The predicted octanol–water partition coefficient (Wildman–Crippen LogP) is 0.496. The van der Waals surface area contributed by atoms with Crippen molar-refractivity contribution >= 4 is 22.6 Å². The molecule has 0 saturated carbocycles. The molecule has 0 aliphatic heterocycles. The van der Waals surface area contributed by atoms with Crippen molar-refractivity contribution in [3.63, 3.8) is 0 Å². The summed E-state index contributed by atoms with van der Waals surface area (Å²) in [5.74, 6) is 0.490. The van der Waals surface area contributed by atoms with Gasteiger partial charge in [-0.3, -0.25) is 9.36 Å². The number of hydrogen-bond acceptors (Lipinski definition) is 4. The van der Waals surface area contributed by atoms with Crippen LogP contribution in [0.2, 0.25) is 0 Å². The van der Waals surface area contributed by atoms with Crippen LogP contribution < -0.4 is 11.2 Å². The molecule has 6 nitrogen and oxygen atoms in total. The number of nitrogens with zero attached hydrogens (tertiary/aromatic N) is 3. The van der Waals surface area contributed by atoms with E-state index in [1.54, 1.807) is 20.0 Å². The first kappa shape index (κ1) is 12.1. The lowest BCUT2D eigenvalue weighted by Crippen LogP contribution is -2.40. The first-order valence-corrected chi connectivity index (χ1v) is 5.95. The summed E-state index contributed by atoms with van der Waals surface area (Å²) in [6, 6.07) is 1.70. The summed E-state index contributed by atoms with van der Waals surface area (Å²) in [7, 11) is 1.60. The SMILES string of the molecule is Cc1cc(Cn2c(=O)c(I)cn(C)c2=O)on1. The van der Waals surface area contributed by atoms with Gasteiger partial charge in [0.25, 0.3) is 5.56 Å². The van der Waals surface area contributed by atoms with Gasteiger partial charge in [-0.15, -0.1) is 0 Å². The van der Waals surface area contributed by atoms with E-state index in [2.05, 4.69) is 5.16 Å². The van der Waals surface area contributed by atoms with E-state index in [9.17, 15) is 9.59 Å². The predicted molar refractivity (Wildman–Crippen MR) is 69.0 cm³/mol. The van der Waals surface area contributed by atoms with Gasteiger partial charge in [0, 0.05) is 19.3 Å². The van der Waals surface area contributed by atoms with Crippen molar-refractivity contribution < 1.29 is 4.52 Å². The van der Waals surface area contributed by atoms with Gasteiger partial charge in [0.15, 0.2) is 5.76 Å². The van der Waals surface area contributed by atoms with Crippen molar-refractivity contribution in [2.24, 2.45) is 7.05 Å². The molecule has 17 heavy (non-hydrogen) atoms. The fraction of sp³-hybridized carbons (Fsp3) is 0.300. The Morgan fingerprint density at radius 1 is 1.47 bits per heavy atom. The third-order valence-corrected chi connectivity index (χ3v) is 3.02. The Bertz CT molecular complexity index is 634. The van der Waals surface area contributed by atoms with E-state index in [4.69, 9.17) is 4.52 Å². The average molecular weight is 347 g/mol. The van der Waals surface area contributed by atoms with E-state index in [1.165, 1.54) is 10.8 Å². The molecule has 2 aromatic heterocycles. The van der Waals surface area contributed by atoms with E-state index in [0.717, 1.165) is 10.3 Å². The summed E-state index contributed by atoms with van der Waals surface area (Å²) in [5, 5.41) is 3.72. The molecule has 2 aromatic rings. The van der Waals surface area contributed by atoms with Gasteiger partial charge in [0.1, 0.15) is 0 Å². The van der Waals surface area contributed by atoms with Gasteiger partial charge in [-0.2, -0.15) is 0 Å². The van der Waals surface area contributed by atoms with E-state index < -0.39 is 0 Å². The lowest BCUT2D eigenvalue weighted by molar-refractivity contribution is 0.368. The van der Waals surface area contributed by atoms with Crippen molar-refractivity contribution in [3.05, 3.63) is 48.1 Å². The minimum atomic E-state index is -0.371. The molecule has 0 atom stereocenters. The summed E-state index contributed by atoms with van der Waals surface area (Å²) in [6.45, 7) is 1.88. The summed E-state index contributed by atoms with van der Waals surface area (Å²) in [5.41, 5.74) is 0.0303. The summed E-state index contributed by atoms with van der Waals surface area (Å²) >= 11 is 1.90. The molecule has 0 amide bonds. The quantitative estimate of drug-likeness (QED) is 0.742. The highest BCUT2D eigenvalue weighted by atomic mass is 127. The van der Waals surface area contributed by atoms with Crippen LogP contribution in [0.3, 0.4) is 0 Å². The first-order valence-electron chi connectivity index (χ1n) is 4.87. The van der Waals surface area contributed by atoms with E-state index in [-0.39, 0.29) is 17.8 Å². The second-order valence-electron chi connectivity index (χ2n) is 3.70. The number of aromatic nitrogens is 3. The molecule has 0 N–H and O–H groups in total. The lowest BCUT2D eigenvalue weighted by Gasteiger charge is -2.05. The van der Waals surface area contributed by atoms with Crippen LogP contribution in [0, 0.1) is 10.5 Å². The second-order valence-corrected chi connectivity index (χ2v) is 4.86. The zero-order valence-electron chi connectivity index (χ0n) is 9.31. The van der Waals surface area contributed by atoms with Gasteiger partial charge in [0.05, 0.1) is 15.8 Å². The van der Waals surface area contributed by atoms with E-state index in [0.29, 0.717) is 9.33 Å². The highest BCUT2D eigenvalue weighted by Crippen LogP contribution is 2.03. The molecule has 0 spiro atoms. The molecule has 0 aliphatic rings. The summed E-state index contributed by atoms with van der Waals surface area (Å²) in [4.78, 5) is 23.6. The Kier molecular flexibility index (Phi) is 3.18. The van der Waals surface area contributed by atoms with Crippen LogP contribution in [-0.4, -0.2) is 14.3 Å². The van der Waals surface area contributed by atoms with Crippen LogP contribution in [0.25, 0.3) is 0 Å². The Morgan fingerprint density at radius 2 is 2.18 bits per heavy atom. The van der Waals surface area contributed by atoms with Gasteiger partial charge in [0.2, 0.25) is 0 Å². The minimum absolute atomic E-state index is 0.100. The molecular formula is C10H10IN3O3. The van der Waals surface area contributed by atoms with Crippen molar-refractivity contribution in [2.75, 3.05) is 0 Å². The first-order chi connectivity index (χ1) is 7.99. The van der Waals surface area contributed by atoms with Gasteiger partial charge < -0.3 is 9.09 Å². The Labute approximate surface area is 110 Å². The van der Waals surface area contributed by atoms with Gasteiger partial charge in [-0.25, -0.2) is 4.79 Å². The molecule has 0 bridgehead atoms. The highest BCUT2D eigenvalue weighted by molar-refractivity contribution is 14.1. The third kappa shape index (κ3) is 2.33. The summed E-state index contributed by atoms with van der Waals surface area (Å²) < 4.78 is 7.98. The molecule has 0 fully saturated rings. The molecular weight excluding hydrogens is 337 g/mol. The smallest absolute Gasteiger partial charge is 0.331 e. The molecule has 0 saturated heterocycles. The molecule has 0 aliphatic carbocycles. The van der Waals surface area contributed by atoms with Gasteiger partial charge in [-0.05, 0) is 29.5 Å². The average Bonchev–Trinajstić information content (AvgIpc) is 2.68. The fourth-order valence-corrected chi connectivity index (χ4v) is 2.18. The van der Waals surface area contributed by atoms with Crippen LogP contribution in [0.15, 0.2) is 26.4 Å². The second kappa shape index (κ2) is 4.47. The van der Waals surface area contributed by atoms with Crippen molar-refractivity contribution in [3.8, 4) is 0 Å². The van der Waals surface area contributed by atoms with Crippen LogP contribution in [0.1, 0.15) is 11.5 Å². The molecule has 0 unspecified atom stereocenters. The maximum absolute atomic E-state index is 11.8. The molecule has 7 heteroatoms. The minimum Gasteiger partial charge on any atom is -0.359 e. The van der Waals surface area contributed by atoms with Gasteiger partial charge >= 0.3 is 5.69 Å². The molecule has 2 rings (SSSR count). The van der Waals surface area contributed by atoms with E-state index >= 15 is 0 Å². The lowest BCUT2D eigenvalue weighted by atomic mass is 10.4. The number of aryl methyl sites for hydroxylation is 2. The summed E-state index contributed by atoms with van der Waals surface area (Å²) in [6.07, 6.45) is 1.51. The fourth-order valence-electron chi connectivity index (χ4n) is 1.47. The number of halogens is 1. The Morgan fingerprint density at radius 3 is 2.76 bits per heavy atom. The van der Waals surface area contributed by atoms with Crippen molar-refractivity contribution in [2.45, 2.75) is 13.5 Å². The Balaban J connectivity index is 2.53. The molecule has 2 heterocycles. The monoisotopic (exact) mass is 347 g/mol. The van der Waals surface area contributed by atoms with Crippen molar-refractivity contribution in [1.82, 2.24) is 14.3 Å². The Hall–Kier alpha value is -1.38. The molecule has 0 radical (unpaired) electrons. The number of rotatable bonds is 2. The van der Waals surface area contributed by atoms with Crippen LogP contribution in [0.4, 0.5) is 0 Å². The maximum atomic E-state index is 11.8. The number of hydrogen-bond donors (Lipinski definition) is 0. The van der Waals surface area contributed by atoms with Crippen LogP contribution in [0.5, 0.6) is 0 Å². The largest absolute Gasteiger partial charge is 0.359 e. The van der Waals surface area contributed by atoms with Gasteiger partial charge in [-0.1, -0.05) is 5.16 Å². The topological polar surface area (TPSA) is 70.0 Å². The third-order valence-electron chi connectivity index (χ3n) is 2.28. The zero-order valence-corrected chi connectivity index (χ0v) is 11.5. The highest BCUT2D eigenvalue weighted by Gasteiger charge is 2.10. The standard InChI is InChI=1S/C10H10IN3O3/c1-6-3-7(17-12-6)4-14-9(15)8(11)5-13(2)10(14)16/h3,5H,4H2,1-2H3. The van der Waals surface area contributed by atoms with Crippen molar-refractivity contribution in [1.29, 1.82) is 0 Å². The molecule has 0 aromatic carbocycles. The van der Waals surface area contributed by atoms with Crippen LogP contribution >= 0.6 is 22.6 Å². The maximum Gasteiger partial charge on any atom is 0.331 e. The molecule has 90 valence electrons.